The summed E-state index contributed by atoms with van der Waals surface area (Å²) in [6.45, 7) is 6.31. The fraction of sp³-hybridized carbons (Fsp3) is 0.632. The average molecular weight is 363 g/mol. The Morgan fingerprint density at radius 3 is 2.50 bits per heavy atom. The molecule has 144 valence electrons. The van der Waals surface area contributed by atoms with Gasteiger partial charge in [0.05, 0.1) is 12.2 Å². The average Bonchev–Trinajstić information content (AvgIpc) is 3.07. The zero-order chi connectivity index (χ0) is 19.3. The van der Waals surface area contributed by atoms with Crippen LogP contribution < -0.4 is 5.46 Å². The highest BCUT2D eigenvalue weighted by Gasteiger charge is 2.34. The Hall–Kier alpha value is -1.41. The van der Waals surface area contributed by atoms with Crippen molar-refractivity contribution in [3.05, 3.63) is 29.8 Å². The summed E-state index contributed by atoms with van der Waals surface area (Å²) in [6.07, 6.45) is 4.15. The molecule has 0 amide bonds. The lowest BCUT2D eigenvalue weighted by molar-refractivity contribution is -0.150. The zero-order valence-electron chi connectivity index (χ0n) is 15.9. The molecule has 6 nitrogen and oxygen atoms in total. The summed E-state index contributed by atoms with van der Waals surface area (Å²) in [7, 11) is -1.53. The molecular weight excluding hydrogens is 333 g/mol. The first kappa shape index (κ1) is 20.9. The van der Waals surface area contributed by atoms with Crippen LogP contribution in [-0.2, 0) is 16.1 Å². The smallest absolute Gasteiger partial charge is 0.480 e. The minimum Gasteiger partial charge on any atom is -0.480 e. The van der Waals surface area contributed by atoms with E-state index in [9.17, 15) is 19.9 Å². The maximum absolute atomic E-state index is 12.0. The van der Waals surface area contributed by atoms with Crippen LogP contribution in [0.1, 0.15) is 52.0 Å². The molecule has 0 aliphatic heterocycles. The maximum Gasteiger partial charge on any atom is 0.488 e. The van der Waals surface area contributed by atoms with Crippen molar-refractivity contribution < 1.29 is 24.7 Å². The first-order chi connectivity index (χ1) is 12.2. The van der Waals surface area contributed by atoms with Crippen molar-refractivity contribution in [3.8, 4) is 0 Å². The van der Waals surface area contributed by atoms with Gasteiger partial charge in [0.25, 0.3) is 0 Å². The van der Waals surface area contributed by atoms with Gasteiger partial charge in [-0.2, -0.15) is 0 Å². The van der Waals surface area contributed by atoms with Gasteiger partial charge < -0.3 is 19.9 Å². The molecule has 0 bridgehead atoms. The van der Waals surface area contributed by atoms with Crippen LogP contribution in [0.5, 0.6) is 0 Å². The normalized spacial score (nSPS) is 16.8. The molecule has 1 fully saturated rings. The Morgan fingerprint density at radius 2 is 1.96 bits per heavy atom. The number of hydrogen-bond acceptors (Lipinski definition) is 5. The van der Waals surface area contributed by atoms with Gasteiger partial charge in [-0.25, -0.2) is 0 Å². The van der Waals surface area contributed by atoms with Gasteiger partial charge in [-0.15, -0.1) is 0 Å². The number of nitrogens with zero attached hydrogens (tertiary/aromatic N) is 1. The maximum atomic E-state index is 12.0. The molecule has 2 rings (SSSR count). The van der Waals surface area contributed by atoms with Gasteiger partial charge >= 0.3 is 13.1 Å². The SMILES string of the molecule is CC(C)(C)OCC(C(=O)O)N(Cc1cccc(B(O)O)c1)C1CCCC1. The van der Waals surface area contributed by atoms with Crippen molar-refractivity contribution in [3.63, 3.8) is 0 Å². The van der Waals surface area contributed by atoms with Crippen molar-refractivity contribution in [2.75, 3.05) is 6.61 Å². The predicted molar refractivity (Wildman–Crippen MR) is 101 cm³/mol. The van der Waals surface area contributed by atoms with E-state index in [0.29, 0.717) is 12.0 Å². The molecule has 0 heterocycles. The van der Waals surface area contributed by atoms with Crippen molar-refractivity contribution in [2.45, 2.75) is 70.7 Å². The Bertz CT molecular complexity index is 596. The Labute approximate surface area is 155 Å². The number of rotatable bonds is 8. The number of benzene rings is 1. The molecule has 26 heavy (non-hydrogen) atoms. The third-order valence-electron chi connectivity index (χ3n) is 4.77. The molecule has 1 unspecified atom stereocenters. The molecule has 1 atom stereocenters. The molecule has 1 aromatic carbocycles. The standard InChI is InChI=1S/C19H30BNO5/c1-19(2,3)26-13-17(18(22)23)21(16-9-4-5-10-16)12-14-7-6-8-15(11-14)20(24)25/h6-8,11,16-17,24-25H,4-5,9-10,12-13H2,1-3H3,(H,22,23). The quantitative estimate of drug-likeness (QED) is 0.605. The summed E-state index contributed by atoms with van der Waals surface area (Å²) in [5.41, 5.74) is 0.867. The first-order valence-electron chi connectivity index (χ1n) is 9.25. The highest BCUT2D eigenvalue weighted by molar-refractivity contribution is 6.58. The molecular formula is C19H30BNO5. The highest BCUT2D eigenvalue weighted by atomic mass is 16.5. The van der Waals surface area contributed by atoms with Gasteiger partial charge in [0.2, 0.25) is 0 Å². The Balaban J connectivity index is 2.23. The molecule has 0 spiro atoms. The summed E-state index contributed by atoms with van der Waals surface area (Å²) in [4.78, 5) is 14.0. The number of ether oxygens (including phenoxy) is 1. The van der Waals surface area contributed by atoms with Crippen LogP contribution >= 0.6 is 0 Å². The van der Waals surface area contributed by atoms with Crippen LogP contribution in [0.15, 0.2) is 24.3 Å². The van der Waals surface area contributed by atoms with Crippen LogP contribution in [0, 0.1) is 0 Å². The second-order valence-corrected chi connectivity index (χ2v) is 8.01. The van der Waals surface area contributed by atoms with Crippen LogP contribution in [0.25, 0.3) is 0 Å². The molecule has 0 aromatic heterocycles. The minimum absolute atomic E-state index is 0.123. The number of aliphatic carboxylic acids is 1. The van der Waals surface area contributed by atoms with Crippen molar-refractivity contribution in [2.24, 2.45) is 0 Å². The fourth-order valence-electron chi connectivity index (χ4n) is 3.43. The second-order valence-electron chi connectivity index (χ2n) is 8.01. The molecule has 1 aliphatic rings. The number of carboxylic acid groups (broad SMARTS) is 1. The third kappa shape index (κ3) is 6.09. The van der Waals surface area contributed by atoms with Crippen LogP contribution in [0.2, 0.25) is 0 Å². The number of hydrogen-bond donors (Lipinski definition) is 3. The molecule has 7 heteroatoms. The van der Waals surface area contributed by atoms with E-state index in [0.717, 1.165) is 31.2 Å². The summed E-state index contributed by atoms with van der Waals surface area (Å²) in [5, 5.41) is 28.6. The third-order valence-corrected chi connectivity index (χ3v) is 4.77. The van der Waals surface area contributed by atoms with E-state index >= 15 is 0 Å². The van der Waals surface area contributed by atoms with Crippen LogP contribution in [-0.4, -0.2) is 57.4 Å². The van der Waals surface area contributed by atoms with Gasteiger partial charge in [0.15, 0.2) is 0 Å². The molecule has 3 N–H and O–H groups in total. The fourth-order valence-corrected chi connectivity index (χ4v) is 3.43. The lowest BCUT2D eigenvalue weighted by atomic mass is 9.79. The second kappa shape index (κ2) is 8.99. The number of carbonyl (C=O) groups is 1. The van der Waals surface area contributed by atoms with E-state index in [2.05, 4.69) is 0 Å². The Morgan fingerprint density at radius 1 is 1.31 bits per heavy atom. The van der Waals surface area contributed by atoms with E-state index in [1.54, 1.807) is 18.2 Å². The predicted octanol–water partition coefficient (Wildman–Crippen LogP) is 1.38. The van der Waals surface area contributed by atoms with Gasteiger partial charge in [-0.05, 0) is 44.6 Å². The van der Waals surface area contributed by atoms with Crippen LogP contribution in [0.4, 0.5) is 0 Å². The van der Waals surface area contributed by atoms with E-state index in [1.165, 1.54) is 0 Å². The van der Waals surface area contributed by atoms with E-state index in [1.807, 2.05) is 31.7 Å². The molecule has 1 aromatic rings. The Kier molecular flexibility index (Phi) is 7.23. The largest absolute Gasteiger partial charge is 0.488 e. The zero-order valence-corrected chi connectivity index (χ0v) is 15.9. The molecule has 1 saturated carbocycles. The molecule has 1 aliphatic carbocycles. The molecule has 0 saturated heterocycles. The van der Waals surface area contributed by atoms with Gasteiger partial charge in [-0.1, -0.05) is 37.1 Å². The van der Waals surface area contributed by atoms with Gasteiger partial charge in [0.1, 0.15) is 6.04 Å². The summed E-state index contributed by atoms with van der Waals surface area (Å²) < 4.78 is 5.79. The van der Waals surface area contributed by atoms with Gasteiger partial charge in [-0.3, -0.25) is 9.69 Å². The highest BCUT2D eigenvalue weighted by Crippen LogP contribution is 2.27. The van der Waals surface area contributed by atoms with E-state index < -0.39 is 24.7 Å². The summed E-state index contributed by atoms with van der Waals surface area (Å²) in [6, 6.07) is 6.47. The number of carboxylic acids is 1. The topological polar surface area (TPSA) is 90.2 Å². The lowest BCUT2D eigenvalue weighted by Gasteiger charge is -2.35. The van der Waals surface area contributed by atoms with Gasteiger partial charge in [0, 0.05) is 12.6 Å². The van der Waals surface area contributed by atoms with Crippen LogP contribution in [0.3, 0.4) is 0 Å². The van der Waals surface area contributed by atoms with Crippen molar-refractivity contribution in [1.29, 1.82) is 0 Å². The minimum atomic E-state index is -1.53. The first-order valence-corrected chi connectivity index (χ1v) is 9.25. The van der Waals surface area contributed by atoms with E-state index in [4.69, 9.17) is 4.74 Å². The van der Waals surface area contributed by atoms with Crippen molar-refractivity contribution in [1.82, 2.24) is 4.90 Å². The van der Waals surface area contributed by atoms with E-state index in [-0.39, 0.29) is 12.6 Å². The summed E-state index contributed by atoms with van der Waals surface area (Å²) >= 11 is 0. The summed E-state index contributed by atoms with van der Waals surface area (Å²) in [5.74, 6) is -0.889. The lowest BCUT2D eigenvalue weighted by Crippen LogP contribution is -2.49. The van der Waals surface area contributed by atoms with Crippen molar-refractivity contribution >= 4 is 18.6 Å². The molecule has 0 radical (unpaired) electrons. The monoisotopic (exact) mass is 363 g/mol.